The first-order valence-electron chi connectivity index (χ1n) is 7.33. The minimum absolute atomic E-state index is 0.0828. The molecule has 19 heavy (non-hydrogen) atoms. The van der Waals surface area contributed by atoms with Crippen LogP contribution in [0.1, 0.15) is 52.1 Å². The predicted molar refractivity (Wildman–Crippen MR) is 88.7 cm³/mol. The van der Waals surface area contributed by atoms with E-state index in [-0.39, 0.29) is 6.04 Å². The van der Waals surface area contributed by atoms with Gasteiger partial charge in [-0.2, -0.15) is 0 Å². The first-order valence-corrected chi connectivity index (χ1v) is 8.12. The predicted octanol–water partition coefficient (Wildman–Crippen LogP) is 4.73. The number of rotatable bonds is 7. The van der Waals surface area contributed by atoms with Gasteiger partial charge in [0.05, 0.1) is 5.69 Å². The van der Waals surface area contributed by atoms with Crippen LogP contribution in [-0.2, 0) is 0 Å². The number of anilines is 1. The van der Waals surface area contributed by atoms with Gasteiger partial charge in [-0.25, -0.2) is 0 Å². The summed E-state index contributed by atoms with van der Waals surface area (Å²) in [5.74, 6) is 0.764. The molecule has 0 heterocycles. The van der Waals surface area contributed by atoms with E-state index in [1.54, 1.807) is 0 Å². The summed E-state index contributed by atoms with van der Waals surface area (Å²) in [6, 6.07) is 6.56. The first kappa shape index (κ1) is 16.5. The van der Waals surface area contributed by atoms with Crippen LogP contribution in [0.3, 0.4) is 0 Å². The van der Waals surface area contributed by atoms with Gasteiger partial charge in [0.25, 0.3) is 0 Å². The molecule has 0 aliphatic rings. The summed E-state index contributed by atoms with van der Waals surface area (Å²) >= 11 is 3.69. The van der Waals surface area contributed by atoms with Crippen LogP contribution in [-0.4, -0.2) is 13.1 Å². The Balaban J connectivity index is 2.92. The fraction of sp³-hybridized carbons (Fsp3) is 0.625. The van der Waals surface area contributed by atoms with Gasteiger partial charge < -0.3 is 10.6 Å². The molecule has 1 atom stereocenters. The van der Waals surface area contributed by atoms with Gasteiger partial charge in [-0.05, 0) is 53.4 Å². The van der Waals surface area contributed by atoms with Crippen LogP contribution in [0.4, 0.5) is 5.69 Å². The van der Waals surface area contributed by atoms with E-state index < -0.39 is 0 Å². The third-order valence-corrected chi connectivity index (χ3v) is 4.49. The molecule has 108 valence electrons. The van der Waals surface area contributed by atoms with Gasteiger partial charge in [0.2, 0.25) is 0 Å². The highest BCUT2D eigenvalue weighted by Gasteiger charge is 2.14. The van der Waals surface area contributed by atoms with E-state index in [9.17, 15) is 0 Å². The van der Waals surface area contributed by atoms with E-state index in [2.05, 4.69) is 59.8 Å². The molecule has 0 saturated carbocycles. The lowest BCUT2D eigenvalue weighted by Crippen LogP contribution is -2.29. The smallest absolute Gasteiger partial charge is 0.0510 e. The Morgan fingerprint density at radius 1 is 1.21 bits per heavy atom. The lowest BCUT2D eigenvalue weighted by Gasteiger charge is -2.28. The molecule has 0 aliphatic carbocycles. The summed E-state index contributed by atoms with van der Waals surface area (Å²) in [5.41, 5.74) is 8.38. The van der Waals surface area contributed by atoms with Gasteiger partial charge in [-0.1, -0.05) is 32.8 Å². The number of halogens is 1. The topological polar surface area (TPSA) is 29.3 Å². The summed E-state index contributed by atoms with van der Waals surface area (Å²) in [6.07, 6.45) is 2.48. The van der Waals surface area contributed by atoms with Gasteiger partial charge in [0, 0.05) is 23.6 Å². The standard InChI is InChI=1S/C16H27BrN2/c1-5-13(6-2)11-19(7-3)16-9-8-14(12(4)18)10-15(16)17/h8-10,12-13H,5-7,11,18H2,1-4H3. The Bertz CT molecular complexity index is 386. The van der Waals surface area contributed by atoms with Crippen molar-refractivity contribution < 1.29 is 0 Å². The third-order valence-electron chi connectivity index (χ3n) is 3.85. The van der Waals surface area contributed by atoms with Crippen LogP contribution in [0, 0.1) is 5.92 Å². The van der Waals surface area contributed by atoms with E-state index >= 15 is 0 Å². The Labute approximate surface area is 126 Å². The highest BCUT2D eigenvalue weighted by atomic mass is 79.9. The van der Waals surface area contributed by atoms with Crippen LogP contribution in [0.25, 0.3) is 0 Å². The average Bonchev–Trinajstić information content (AvgIpc) is 2.41. The van der Waals surface area contributed by atoms with Gasteiger partial charge >= 0.3 is 0 Å². The molecule has 0 aromatic heterocycles. The molecule has 2 nitrogen and oxygen atoms in total. The van der Waals surface area contributed by atoms with Crippen LogP contribution >= 0.6 is 15.9 Å². The fourth-order valence-electron chi connectivity index (χ4n) is 2.32. The lowest BCUT2D eigenvalue weighted by molar-refractivity contribution is 0.486. The summed E-state index contributed by atoms with van der Waals surface area (Å²) < 4.78 is 1.15. The summed E-state index contributed by atoms with van der Waals surface area (Å²) in [5, 5.41) is 0. The van der Waals surface area contributed by atoms with Crippen LogP contribution in [0.15, 0.2) is 22.7 Å². The molecule has 0 radical (unpaired) electrons. The second-order valence-corrected chi connectivity index (χ2v) is 6.08. The molecule has 1 rings (SSSR count). The Morgan fingerprint density at radius 2 is 1.84 bits per heavy atom. The zero-order valence-corrected chi connectivity index (χ0v) is 14.2. The van der Waals surface area contributed by atoms with Crippen LogP contribution in [0.5, 0.6) is 0 Å². The van der Waals surface area contributed by atoms with Crippen molar-refractivity contribution in [3.63, 3.8) is 0 Å². The summed E-state index contributed by atoms with van der Waals surface area (Å²) in [4.78, 5) is 2.45. The quantitative estimate of drug-likeness (QED) is 0.784. The highest BCUT2D eigenvalue weighted by molar-refractivity contribution is 9.10. The van der Waals surface area contributed by atoms with E-state index in [1.165, 1.54) is 24.1 Å². The largest absolute Gasteiger partial charge is 0.371 e. The first-order chi connectivity index (χ1) is 9.03. The van der Waals surface area contributed by atoms with Crippen molar-refractivity contribution in [3.8, 4) is 0 Å². The van der Waals surface area contributed by atoms with Crippen molar-refractivity contribution in [1.29, 1.82) is 0 Å². The zero-order chi connectivity index (χ0) is 14.4. The van der Waals surface area contributed by atoms with Crippen molar-refractivity contribution in [3.05, 3.63) is 28.2 Å². The fourth-order valence-corrected chi connectivity index (χ4v) is 2.97. The Morgan fingerprint density at radius 3 is 2.26 bits per heavy atom. The molecular formula is C16H27BrN2. The zero-order valence-electron chi connectivity index (χ0n) is 12.6. The number of hydrogen-bond acceptors (Lipinski definition) is 2. The van der Waals surface area contributed by atoms with E-state index in [0.717, 1.165) is 23.5 Å². The maximum atomic E-state index is 5.93. The molecule has 0 amide bonds. The summed E-state index contributed by atoms with van der Waals surface area (Å²) in [6.45, 7) is 10.9. The second-order valence-electron chi connectivity index (χ2n) is 5.22. The van der Waals surface area contributed by atoms with E-state index in [4.69, 9.17) is 5.73 Å². The molecule has 3 heteroatoms. The normalized spacial score (nSPS) is 12.8. The number of benzene rings is 1. The molecule has 0 bridgehead atoms. The number of hydrogen-bond donors (Lipinski definition) is 1. The molecule has 0 spiro atoms. The summed E-state index contributed by atoms with van der Waals surface area (Å²) in [7, 11) is 0. The minimum Gasteiger partial charge on any atom is -0.371 e. The molecule has 2 N–H and O–H groups in total. The average molecular weight is 327 g/mol. The Kier molecular flexibility index (Phi) is 6.87. The lowest BCUT2D eigenvalue weighted by atomic mass is 10.0. The van der Waals surface area contributed by atoms with E-state index in [1.807, 2.05) is 6.92 Å². The van der Waals surface area contributed by atoms with Crippen molar-refractivity contribution in [2.45, 2.75) is 46.6 Å². The molecule has 0 fully saturated rings. The third kappa shape index (κ3) is 4.50. The molecule has 0 saturated heterocycles. The maximum Gasteiger partial charge on any atom is 0.0510 e. The van der Waals surface area contributed by atoms with Crippen molar-refractivity contribution in [1.82, 2.24) is 0 Å². The minimum atomic E-state index is 0.0828. The number of nitrogens with two attached hydrogens (primary N) is 1. The van der Waals surface area contributed by atoms with E-state index in [0.29, 0.717) is 0 Å². The van der Waals surface area contributed by atoms with Crippen molar-refractivity contribution >= 4 is 21.6 Å². The monoisotopic (exact) mass is 326 g/mol. The Hall–Kier alpha value is -0.540. The molecule has 0 aliphatic heterocycles. The van der Waals surface area contributed by atoms with Gasteiger partial charge in [0.15, 0.2) is 0 Å². The van der Waals surface area contributed by atoms with Crippen LogP contribution < -0.4 is 10.6 Å². The van der Waals surface area contributed by atoms with Crippen LogP contribution in [0.2, 0.25) is 0 Å². The van der Waals surface area contributed by atoms with Gasteiger partial charge in [0.1, 0.15) is 0 Å². The van der Waals surface area contributed by atoms with Gasteiger partial charge in [-0.3, -0.25) is 0 Å². The number of nitrogens with zero attached hydrogens (tertiary/aromatic N) is 1. The SMILES string of the molecule is CCC(CC)CN(CC)c1ccc(C(C)N)cc1Br. The van der Waals surface area contributed by atoms with Crippen molar-refractivity contribution in [2.24, 2.45) is 11.7 Å². The van der Waals surface area contributed by atoms with Crippen molar-refractivity contribution in [2.75, 3.05) is 18.0 Å². The molecule has 1 unspecified atom stereocenters. The molecule has 1 aromatic carbocycles. The molecule has 1 aromatic rings. The van der Waals surface area contributed by atoms with Gasteiger partial charge in [-0.15, -0.1) is 0 Å². The maximum absolute atomic E-state index is 5.93. The highest BCUT2D eigenvalue weighted by Crippen LogP contribution is 2.30. The second kappa shape index (κ2) is 7.91. The molecular weight excluding hydrogens is 300 g/mol.